The Bertz CT molecular complexity index is 642. The van der Waals surface area contributed by atoms with Crippen LogP contribution in [0.2, 0.25) is 0 Å². The van der Waals surface area contributed by atoms with E-state index >= 15 is 0 Å². The summed E-state index contributed by atoms with van der Waals surface area (Å²) in [6.45, 7) is 0. The topological polar surface area (TPSA) is 50.7 Å². The second kappa shape index (κ2) is 7.50. The van der Waals surface area contributed by atoms with Crippen LogP contribution in [-0.2, 0) is 9.63 Å². The summed E-state index contributed by atoms with van der Waals surface area (Å²) in [5.41, 5.74) is 1.01. The maximum Gasteiger partial charge on any atom is 0.273 e. The summed E-state index contributed by atoms with van der Waals surface area (Å²) < 4.78 is 0. The molecular formula is C16H16N2O2S. The number of hydrogen-bond donors (Lipinski definition) is 1. The van der Waals surface area contributed by atoms with Crippen molar-refractivity contribution in [2.24, 2.45) is 5.16 Å². The van der Waals surface area contributed by atoms with Gasteiger partial charge in [-0.15, -0.1) is 0 Å². The molecule has 0 radical (unpaired) electrons. The Hall–Kier alpha value is -2.27. The molecule has 0 atom stereocenters. The van der Waals surface area contributed by atoms with Crippen molar-refractivity contribution in [3.05, 3.63) is 60.2 Å². The molecule has 1 N–H and O–H groups in total. The third kappa shape index (κ3) is 3.86. The van der Waals surface area contributed by atoms with E-state index < -0.39 is 0 Å². The minimum atomic E-state index is -0.280. The molecule has 0 aromatic heterocycles. The fraction of sp³-hybridized carbons (Fsp3) is 0.125. The van der Waals surface area contributed by atoms with Gasteiger partial charge in [0.1, 0.15) is 7.11 Å². The number of nitrogens with one attached hydrogen (secondary N) is 1. The van der Waals surface area contributed by atoms with E-state index in [1.165, 1.54) is 7.11 Å². The first-order chi connectivity index (χ1) is 10.3. The van der Waals surface area contributed by atoms with Gasteiger partial charge >= 0.3 is 0 Å². The Morgan fingerprint density at radius 3 is 2.43 bits per heavy atom. The summed E-state index contributed by atoms with van der Waals surface area (Å²) in [6, 6.07) is 17.6. The van der Waals surface area contributed by atoms with Gasteiger partial charge in [0.05, 0.1) is 0 Å². The number of carbonyl (C=O) groups excluding carboxylic acids is 1. The van der Waals surface area contributed by atoms with E-state index in [9.17, 15) is 4.79 Å². The highest BCUT2D eigenvalue weighted by atomic mass is 32.2. The molecule has 108 valence electrons. The fourth-order valence-corrected chi connectivity index (χ4v) is 2.76. The molecule has 5 heteroatoms. The van der Waals surface area contributed by atoms with Crippen molar-refractivity contribution < 1.29 is 9.63 Å². The van der Waals surface area contributed by atoms with Gasteiger partial charge < -0.3 is 10.2 Å². The minimum absolute atomic E-state index is 0.263. The lowest BCUT2D eigenvalue weighted by Gasteiger charge is -2.10. The molecule has 0 bridgehead atoms. The Kier molecular flexibility index (Phi) is 5.40. The number of likely N-dealkylation sites (N-methyl/N-ethyl adjacent to an activating group) is 1. The molecule has 0 aliphatic carbocycles. The van der Waals surface area contributed by atoms with Gasteiger partial charge in [-0.25, -0.2) is 0 Å². The maximum absolute atomic E-state index is 12.0. The molecule has 0 aliphatic heterocycles. The van der Waals surface area contributed by atoms with Gasteiger partial charge in [-0.05, 0) is 18.2 Å². The average Bonchev–Trinajstić information content (AvgIpc) is 2.54. The van der Waals surface area contributed by atoms with Crippen molar-refractivity contribution in [1.29, 1.82) is 0 Å². The molecule has 4 nitrogen and oxygen atoms in total. The highest BCUT2D eigenvalue weighted by molar-refractivity contribution is 7.99. The zero-order chi connectivity index (χ0) is 15.1. The first-order valence-electron chi connectivity index (χ1n) is 6.41. The molecule has 0 aliphatic rings. The second-order valence-electron chi connectivity index (χ2n) is 4.11. The van der Waals surface area contributed by atoms with E-state index in [2.05, 4.69) is 10.5 Å². The summed E-state index contributed by atoms with van der Waals surface area (Å²) in [5, 5.41) is 6.44. The van der Waals surface area contributed by atoms with Crippen molar-refractivity contribution in [3.63, 3.8) is 0 Å². The van der Waals surface area contributed by atoms with Gasteiger partial charge in [0.2, 0.25) is 0 Å². The van der Waals surface area contributed by atoms with E-state index in [0.29, 0.717) is 0 Å². The molecule has 2 rings (SSSR count). The number of benzene rings is 2. The van der Waals surface area contributed by atoms with Crippen molar-refractivity contribution in [3.8, 4) is 0 Å². The van der Waals surface area contributed by atoms with E-state index in [1.54, 1.807) is 18.8 Å². The standard InChI is InChI=1S/C16H16N2O2S/c1-17-16(19)15(18-20-2)13-10-6-7-11-14(13)21-12-8-4-3-5-9-12/h3-11H,1-2H3,(H,17,19)/b18-15-. The second-order valence-corrected chi connectivity index (χ2v) is 5.23. The summed E-state index contributed by atoms with van der Waals surface area (Å²) in [5.74, 6) is -0.280. The third-order valence-corrected chi connectivity index (χ3v) is 3.82. The zero-order valence-corrected chi connectivity index (χ0v) is 12.7. The number of nitrogens with zero attached hydrogens (tertiary/aromatic N) is 1. The van der Waals surface area contributed by atoms with Gasteiger partial charge in [0.25, 0.3) is 5.91 Å². The molecule has 0 saturated carbocycles. The zero-order valence-electron chi connectivity index (χ0n) is 11.9. The Morgan fingerprint density at radius 1 is 1.10 bits per heavy atom. The van der Waals surface area contributed by atoms with Crippen molar-refractivity contribution in [2.45, 2.75) is 9.79 Å². The third-order valence-electron chi connectivity index (χ3n) is 2.74. The number of amides is 1. The maximum atomic E-state index is 12.0. The normalized spacial score (nSPS) is 11.0. The molecule has 2 aromatic carbocycles. The number of carbonyl (C=O) groups is 1. The largest absolute Gasteiger partial charge is 0.398 e. The van der Waals surface area contributed by atoms with Gasteiger partial charge in [-0.1, -0.05) is 53.3 Å². The Balaban J connectivity index is 2.40. The van der Waals surface area contributed by atoms with Crippen LogP contribution in [0.4, 0.5) is 0 Å². The van der Waals surface area contributed by atoms with Crippen LogP contribution < -0.4 is 5.32 Å². The first-order valence-corrected chi connectivity index (χ1v) is 7.23. The van der Waals surface area contributed by atoms with E-state index in [-0.39, 0.29) is 11.6 Å². The van der Waals surface area contributed by atoms with Gasteiger partial charge in [-0.3, -0.25) is 4.79 Å². The average molecular weight is 300 g/mol. The first kappa shape index (κ1) is 15.1. The molecule has 2 aromatic rings. The number of hydrogen-bond acceptors (Lipinski definition) is 4. The minimum Gasteiger partial charge on any atom is -0.398 e. The summed E-state index contributed by atoms with van der Waals surface area (Å²) in [4.78, 5) is 18.8. The Labute approximate surface area is 128 Å². The predicted molar refractivity (Wildman–Crippen MR) is 84.6 cm³/mol. The Morgan fingerprint density at radius 2 is 1.76 bits per heavy atom. The highest BCUT2D eigenvalue weighted by Crippen LogP contribution is 2.30. The van der Waals surface area contributed by atoms with E-state index in [4.69, 9.17) is 4.84 Å². The molecule has 0 spiro atoms. The van der Waals surface area contributed by atoms with E-state index in [0.717, 1.165) is 15.4 Å². The lowest BCUT2D eigenvalue weighted by atomic mass is 10.1. The van der Waals surface area contributed by atoms with Crippen LogP contribution in [0.1, 0.15) is 5.56 Å². The van der Waals surface area contributed by atoms with Crippen molar-refractivity contribution >= 4 is 23.4 Å². The molecule has 1 amide bonds. The summed E-state index contributed by atoms with van der Waals surface area (Å²) in [6.07, 6.45) is 0. The summed E-state index contributed by atoms with van der Waals surface area (Å²) in [7, 11) is 3.00. The van der Waals surface area contributed by atoms with Crippen LogP contribution in [0, 0.1) is 0 Å². The van der Waals surface area contributed by atoms with Gasteiger partial charge in [0.15, 0.2) is 5.71 Å². The number of oxime groups is 1. The van der Waals surface area contributed by atoms with Crippen molar-refractivity contribution in [2.75, 3.05) is 14.2 Å². The highest BCUT2D eigenvalue weighted by Gasteiger charge is 2.17. The number of rotatable bonds is 5. The molecule has 0 unspecified atom stereocenters. The van der Waals surface area contributed by atoms with Crippen LogP contribution in [0.3, 0.4) is 0 Å². The van der Waals surface area contributed by atoms with Crippen LogP contribution in [0.15, 0.2) is 69.5 Å². The van der Waals surface area contributed by atoms with Gasteiger partial charge in [0, 0.05) is 22.4 Å². The SMILES string of the molecule is CNC(=O)/C(=N\OC)c1ccccc1Sc1ccccc1. The summed E-state index contributed by atoms with van der Waals surface area (Å²) >= 11 is 1.58. The van der Waals surface area contributed by atoms with E-state index in [1.807, 2.05) is 54.6 Å². The molecule has 0 heterocycles. The fourth-order valence-electron chi connectivity index (χ4n) is 1.79. The predicted octanol–water partition coefficient (Wildman–Crippen LogP) is 2.93. The van der Waals surface area contributed by atoms with Crippen molar-refractivity contribution in [1.82, 2.24) is 5.32 Å². The van der Waals surface area contributed by atoms with Crippen LogP contribution in [0.5, 0.6) is 0 Å². The quantitative estimate of drug-likeness (QED) is 0.682. The monoisotopic (exact) mass is 300 g/mol. The molecular weight excluding hydrogens is 284 g/mol. The van der Waals surface area contributed by atoms with Crippen LogP contribution in [0.25, 0.3) is 0 Å². The molecule has 21 heavy (non-hydrogen) atoms. The lowest BCUT2D eigenvalue weighted by molar-refractivity contribution is -0.114. The molecule has 0 fully saturated rings. The van der Waals surface area contributed by atoms with Crippen LogP contribution in [-0.4, -0.2) is 25.8 Å². The lowest BCUT2D eigenvalue weighted by Crippen LogP contribution is -2.29. The molecule has 0 saturated heterocycles. The van der Waals surface area contributed by atoms with Crippen LogP contribution >= 0.6 is 11.8 Å². The smallest absolute Gasteiger partial charge is 0.273 e. The van der Waals surface area contributed by atoms with Gasteiger partial charge in [-0.2, -0.15) is 0 Å².